The van der Waals surface area contributed by atoms with Crippen LogP contribution in [0.3, 0.4) is 0 Å². The molecule has 1 radical (unpaired) electrons. The van der Waals surface area contributed by atoms with E-state index < -0.39 is 0 Å². The molecule has 0 aliphatic heterocycles. The van der Waals surface area contributed by atoms with Gasteiger partial charge in [0.05, 0.1) is 0 Å². The van der Waals surface area contributed by atoms with E-state index in [0.717, 1.165) is 5.69 Å². The fourth-order valence-corrected chi connectivity index (χ4v) is 3.63. The number of aliphatic imine (C=N–C) groups is 1. The second-order valence-corrected chi connectivity index (χ2v) is 6.39. The number of para-hydroxylation sites is 1. The maximum absolute atomic E-state index is 4.52. The Bertz CT molecular complexity index is 701. The van der Waals surface area contributed by atoms with Crippen molar-refractivity contribution in [2.75, 3.05) is 0 Å². The van der Waals surface area contributed by atoms with E-state index in [4.69, 9.17) is 0 Å². The summed E-state index contributed by atoms with van der Waals surface area (Å²) in [4.78, 5) is 4.52. The molecule has 1 nitrogen and oxygen atoms in total. The van der Waals surface area contributed by atoms with Crippen LogP contribution in [-0.2, 0) is 0 Å². The molecule has 18 heavy (non-hydrogen) atoms. The molecule has 3 aromatic rings. The molecule has 0 N–H and O–H groups in total. The quantitative estimate of drug-likeness (QED) is 0.507. The first kappa shape index (κ1) is 11.7. The monoisotopic (exact) mass is 316 g/mol. The summed E-state index contributed by atoms with van der Waals surface area (Å²) < 4.78 is 2.48. The molecule has 1 aromatic heterocycles. The van der Waals surface area contributed by atoms with E-state index in [1.54, 1.807) is 11.3 Å². The van der Waals surface area contributed by atoms with Crippen molar-refractivity contribution in [3.8, 4) is 0 Å². The zero-order chi connectivity index (χ0) is 12.4. The second kappa shape index (κ2) is 5.07. The SMILES string of the molecule is [Se]c1sc2ccccc2c1C=Nc1ccccc1. The molecule has 1 heterocycles. The average molecular weight is 315 g/mol. The number of nitrogens with zero attached hydrogens (tertiary/aromatic N) is 1. The first-order chi connectivity index (χ1) is 8.84. The molecule has 87 valence electrons. The average Bonchev–Trinajstić information content (AvgIpc) is 2.73. The van der Waals surface area contributed by atoms with Gasteiger partial charge >= 0.3 is 118 Å². The van der Waals surface area contributed by atoms with Crippen LogP contribution in [0.15, 0.2) is 59.6 Å². The van der Waals surface area contributed by atoms with E-state index in [0.29, 0.717) is 0 Å². The Morgan fingerprint density at radius 3 is 2.50 bits per heavy atom. The molecule has 0 saturated carbocycles. The van der Waals surface area contributed by atoms with Gasteiger partial charge in [0.2, 0.25) is 0 Å². The number of rotatable bonds is 2. The predicted molar refractivity (Wildman–Crippen MR) is 80.9 cm³/mol. The minimum absolute atomic E-state index is 0.979. The first-order valence-corrected chi connectivity index (χ1v) is 7.29. The minimum atomic E-state index is 0.979. The molecule has 0 saturated heterocycles. The second-order valence-electron chi connectivity index (χ2n) is 3.89. The number of fused-ring (bicyclic) bond motifs is 1. The molecule has 3 rings (SSSR count). The van der Waals surface area contributed by atoms with E-state index in [9.17, 15) is 0 Å². The summed E-state index contributed by atoms with van der Waals surface area (Å²) in [5, 5.41) is 1.26. The van der Waals surface area contributed by atoms with Crippen LogP contribution in [0, 0.1) is 0 Å². The van der Waals surface area contributed by atoms with E-state index in [-0.39, 0.29) is 0 Å². The van der Waals surface area contributed by atoms with E-state index in [1.807, 2.05) is 36.5 Å². The van der Waals surface area contributed by atoms with Crippen molar-refractivity contribution in [3.63, 3.8) is 0 Å². The number of hydrogen-bond donors (Lipinski definition) is 0. The van der Waals surface area contributed by atoms with Crippen molar-refractivity contribution in [1.82, 2.24) is 0 Å². The van der Waals surface area contributed by atoms with Crippen LogP contribution in [0.5, 0.6) is 0 Å². The van der Waals surface area contributed by atoms with E-state index in [1.165, 1.54) is 19.4 Å². The normalized spacial score (nSPS) is 11.3. The van der Waals surface area contributed by atoms with Gasteiger partial charge in [-0.1, -0.05) is 0 Å². The summed E-state index contributed by atoms with van der Waals surface area (Å²) in [5.74, 6) is 0. The molecule has 0 atom stereocenters. The molecule has 3 heteroatoms. The zero-order valence-electron chi connectivity index (χ0n) is 9.54. The zero-order valence-corrected chi connectivity index (χ0v) is 12.1. The van der Waals surface area contributed by atoms with Crippen LogP contribution in [0.1, 0.15) is 5.56 Å². The Labute approximate surface area is 118 Å². The van der Waals surface area contributed by atoms with Gasteiger partial charge in [-0.2, -0.15) is 0 Å². The molecule has 0 aliphatic carbocycles. The Kier molecular flexibility index (Phi) is 3.28. The van der Waals surface area contributed by atoms with Gasteiger partial charge in [-0.15, -0.1) is 0 Å². The molecular formula is C15H10NSSe. The van der Waals surface area contributed by atoms with Gasteiger partial charge in [-0.25, -0.2) is 0 Å². The summed E-state index contributed by atoms with van der Waals surface area (Å²) in [6, 6.07) is 18.4. The summed E-state index contributed by atoms with van der Waals surface area (Å²) >= 11 is 4.89. The third kappa shape index (κ3) is 2.25. The molecule has 0 aliphatic rings. The Hall–Kier alpha value is -1.41. The third-order valence-corrected chi connectivity index (χ3v) is 4.67. The van der Waals surface area contributed by atoms with Gasteiger partial charge in [0, 0.05) is 0 Å². The van der Waals surface area contributed by atoms with Gasteiger partial charge in [0.25, 0.3) is 0 Å². The van der Waals surface area contributed by atoms with Crippen molar-refractivity contribution < 1.29 is 0 Å². The molecule has 0 fully saturated rings. The van der Waals surface area contributed by atoms with Crippen molar-refractivity contribution in [2.24, 2.45) is 4.99 Å². The van der Waals surface area contributed by atoms with Gasteiger partial charge in [0.1, 0.15) is 0 Å². The summed E-state index contributed by atoms with van der Waals surface area (Å²) in [6.07, 6.45) is 1.94. The van der Waals surface area contributed by atoms with E-state index >= 15 is 0 Å². The molecule has 2 aromatic carbocycles. The predicted octanol–water partition coefficient (Wildman–Crippen LogP) is 3.45. The van der Waals surface area contributed by atoms with Crippen LogP contribution in [-0.4, -0.2) is 22.2 Å². The number of benzene rings is 2. The summed E-state index contributed by atoms with van der Waals surface area (Å²) in [5.41, 5.74) is 2.16. The van der Waals surface area contributed by atoms with Crippen LogP contribution in [0.2, 0.25) is 0 Å². The van der Waals surface area contributed by atoms with Crippen LogP contribution >= 0.6 is 11.3 Å². The summed E-state index contributed by atoms with van der Waals surface area (Å²) in [6.45, 7) is 0. The fraction of sp³-hybridized carbons (Fsp3) is 0. The van der Waals surface area contributed by atoms with Crippen LogP contribution in [0.25, 0.3) is 10.1 Å². The topological polar surface area (TPSA) is 12.4 Å². The number of hydrogen-bond acceptors (Lipinski definition) is 2. The van der Waals surface area contributed by atoms with Crippen LogP contribution in [0.4, 0.5) is 5.69 Å². The molecule has 0 bridgehead atoms. The Morgan fingerprint density at radius 1 is 0.944 bits per heavy atom. The Morgan fingerprint density at radius 2 is 1.67 bits per heavy atom. The third-order valence-electron chi connectivity index (χ3n) is 2.70. The molecule has 0 unspecified atom stereocenters. The molecule has 0 amide bonds. The van der Waals surface area contributed by atoms with Crippen molar-refractivity contribution in [1.29, 1.82) is 0 Å². The van der Waals surface area contributed by atoms with Crippen molar-refractivity contribution in [3.05, 3.63) is 60.2 Å². The maximum atomic E-state index is 4.52. The van der Waals surface area contributed by atoms with Crippen molar-refractivity contribution >= 4 is 53.1 Å². The fourth-order valence-electron chi connectivity index (χ4n) is 1.82. The Balaban J connectivity index is 2.05. The van der Waals surface area contributed by atoms with Gasteiger partial charge < -0.3 is 0 Å². The standard InChI is InChI=1S/C15H10NSSe/c18-15-13(10-16-11-6-2-1-3-7-11)12-8-4-5-9-14(12)17-15/h1-10H. The van der Waals surface area contributed by atoms with Crippen molar-refractivity contribution in [2.45, 2.75) is 0 Å². The van der Waals surface area contributed by atoms with Crippen LogP contribution < -0.4 is 3.78 Å². The first-order valence-electron chi connectivity index (χ1n) is 5.62. The molecule has 0 spiro atoms. The molecular weight excluding hydrogens is 305 g/mol. The van der Waals surface area contributed by atoms with Gasteiger partial charge in [-0.05, 0) is 0 Å². The van der Waals surface area contributed by atoms with E-state index in [2.05, 4.69) is 45.3 Å². The summed E-state index contributed by atoms with van der Waals surface area (Å²) in [7, 11) is 0. The number of thiophene rings is 1. The van der Waals surface area contributed by atoms with Gasteiger partial charge in [0.15, 0.2) is 0 Å². The van der Waals surface area contributed by atoms with Gasteiger partial charge in [-0.3, -0.25) is 0 Å².